The fourth-order valence-corrected chi connectivity index (χ4v) is 3.37. The molecule has 0 aliphatic heterocycles. The van der Waals surface area contributed by atoms with E-state index in [1.54, 1.807) is 19.2 Å². The van der Waals surface area contributed by atoms with Crippen LogP contribution in [-0.4, -0.2) is 35.5 Å². The summed E-state index contributed by atoms with van der Waals surface area (Å²) in [5.74, 6) is -0.596. The van der Waals surface area contributed by atoms with Gasteiger partial charge in [-0.3, -0.25) is 14.6 Å². The number of hydrogen-bond acceptors (Lipinski definition) is 4. The summed E-state index contributed by atoms with van der Waals surface area (Å²) in [6.45, 7) is 6.51. The summed E-state index contributed by atoms with van der Waals surface area (Å²) in [6.07, 6.45) is 1.79. The average molecular weight is 446 g/mol. The van der Waals surface area contributed by atoms with E-state index in [1.807, 2.05) is 74.5 Å². The zero-order chi connectivity index (χ0) is 23.6. The van der Waals surface area contributed by atoms with Gasteiger partial charge in [0.2, 0.25) is 5.91 Å². The van der Waals surface area contributed by atoms with Gasteiger partial charge in [-0.15, -0.1) is 0 Å². The van der Waals surface area contributed by atoms with Crippen LogP contribution in [0.4, 0.5) is 0 Å². The van der Waals surface area contributed by atoms with Crippen molar-refractivity contribution in [2.45, 2.75) is 45.9 Å². The second-order valence-electron chi connectivity index (χ2n) is 8.11. The van der Waals surface area contributed by atoms with Gasteiger partial charge in [-0.1, -0.05) is 42.5 Å². The monoisotopic (exact) mass is 445 g/mol. The topological polar surface area (TPSA) is 80.3 Å². The first-order chi connectivity index (χ1) is 15.9. The Bertz CT molecular complexity index is 1050. The smallest absolute Gasteiger partial charge is 0.252 e. The van der Waals surface area contributed by atoms with Crippen LogP contribution < -0.4 is 10.6 Å². The lowest BCUT2D eigenvalue weighted by molar-refractivity contribution is -0.126. The number of hydrogen-bond donors (Lipinski definition) is 2. The van der Waals surface area contributed by atoms with Crippen molar-refractivity contribution in [3.8, 4) is 0 Å². The normalized spacial score (nSPS) is 12.6. The first-order valence-electron chi connectivity index (χ1n) is 11.2. The largest absolute Gasteiger partial charge is 0.371 e. The molecule has 0 bridgehead atoms. The maximum atomic E-state index is 13.0. The molecular formula is C27H31N3O3. The van der Waals surface area contributed by atoms with Crippen LogP contribution in [0.5, 0.6) is 0 Å². The standard InChI is InChI=1S/C27H31N3O3/c1-19-12-13-23(17-20(19)2)26(31)30-25(21(3)33-18-22-9-5-4-6-10-22)27(32)29-16-14-24-11-7-8-15-28-24/h4-13,15,17,21,25H,14,16,18H2,1-3H3,(H,29,32)(H,30,31)/t21-,25+/m0/s1. The Balaban J connectivity index is 1.67. The van der Waals surface area contributed by atoms with Gasteiger partial charge < -0.3 is 15.4 Å². The molecule has 33 heavy (non-hydrogen) atoms. The minimum Gasteiger partial charge on any atom is -0.371 e. The minimum absolute atomic E-state index is 0.288. The quantitative estimate of drug-likeness (QED) is 0.498. The van der Waals surface area contributed by atoms with E-state index in [0.29, 0.717) is 25.1 Å². The van der Waals surface area contributed by atoms with Crippen molar-refractivity contribution in [2.75, 3.05) is 6.54 Å². The third-order valence-corrected chi connectivity index (χ3v) is 5.57. The summed E-state index contributed by atoms with van der Waals surface area (Å²) in [7, 11) is 0. The number of aryl methyl sites for hydroxylation is 2. The molecule has 1 heterocycles. The van der Waals surface area contributed by atoms with Gasteiger partial charge in [-0.25, -0.2) is 0 Å². The Morgan fingerprint density at radius 2 is 1.73 bits per heavy atom. The number of carbonyl (C=O) groups is 2. The van der Waals surface area contributed by atoms with Crippen molar-refractivity contribution < 1.29 is 14.3 Å². The highest BCUT2D eigenvalue weighted by atomic mass is 16.5. The minimum atomic E-state index is -0.841. The number of ether oxygens (including phenoxy) is 1. The van der Waals surface area contributed by atoms with Gasteiger partial charge in [0.15, 0.2) is 0 Å². The number of amides is 2. The molecule has 0 saturated carbocycles. The Kier molecular flexibility index (Phi) is 8.72. The van der Waals surface area contributed by atoms with Crippen LogP contribution in [0.3, 0.4) is 0 Å². The lowest BCUT2D eigenvalue weighted by Crippen LogP contribution is -2.53. The van der Waals surface area contributed by atoms with E-state index in [9.17, 15) is 9.59 Å². The summed E-state index contributed by atoms with van der Waals surface area (Å²) >= 11 is 0. The molecule has 2 aromatic carbocycles. The molecule has 2 atom stereocenters. The predicted molar refractivity (Wildman–Crippen MR) is 129 cm³/mol. The van der Waals surface area contributed by atoms with Gasteiger partial charge >= 0.3 is 0 Å². The molecular weight excluding hydrogens is 414 g/mol. The van der Waals surface area contributed by atoms with E-state index in [1.165, 1.54) is 0 Å². The van der Waals surface area contributed by atoms with Crippen molar-refractivity contribution in [3.05, 3.63) is 101 Å². The van der Waals surface area contributed by atoms with Gasteiger partial charge in [0.25, 0.3) is 5.91 Å². The average Bonchev–Trinajstić information content (AvgIpc) is 2.83. The molecule has 0 aliphatic rings. The highest BCUT2D eigenvalue weighted by Crippen LogP contribution is 2.12. The molecule has 0 unspecified atom stereocenters. The Morgan fingerprint density at radius 1 is 0.970 bits per heavy atom. The van der Waals surface area contributed by atoms with Gasteiger partial charge in [-0.2, -0.15) is 0 Å². The van der Waals surface area contributed by atoms with E-state index in [-0.39, 0.29) is 11.8 Å². The highest BCUT2D eigenvalue weighted by molar-refractivity contribution is 5.98. The molecule has 2 amide bonds. The molecule has 0 aliphatic carbocycles. The van der Waals surface area contributed by atoms with Gasteiger partial charge in [0, 0.05) is 30.4 Å². The first kappa shape index (κ1) is 24.1. The maximum absolute atomic E-state index is 13.0. The molecule has 0 spiro atoms. The zero-order valence-corrected chi connectivity index (χ0v) is 19.4. The SMILES string of the molecule is Cc1ccc(C(=O)N[C@@H](C(=O)NCCc2ccccn2)[C@H](C)OCc2ccccc2)cc1C. The van der Waals surface area contributed by atoms with Crippen LogP contribution in [0.25, 0.3) is 0 Å². The number of pyridine rings is 1. The van der Waals surface area contributed by atoms with Gasteiger partial charge in [0.05, 0.1) is 12.7 Å². The summed E-state index contributed by atoms with van der Waals surface area (Å²) in [5.41, 5.74) is 4.53. The molecule has 3 aromatic rings. The van der Waals surface area contributed by atoms with Gasteiger partial charge in [0.1, 0.15) is 6.04 Å². The van der Waals surface area contributed by atoms with Crippen LogP contribution in [0.1, 0.15) is 39.7 Å². The third kappa shape index (κ3) is 7.26. The number of nitrogens with one attached hydrogen (secondary N) is 2. The molecule has 0 radical (unpaired) electrons. The van der Waals surface area contributed by atoms with Crippen LogP contribution in [0.15, 0.2) is 72.9 Å². The third-order valence-electron chi connectivity index (χ3n) is 5.57. The van der Waals surface area contributed by atoms with E-state index >= 15 is 0 Å². The summed E-state index contributed by atoms with van der Waals surface area (Å²) in [4.78, 5) is 30.3. The molecule has 172 valence electrons. The van der Waals surface area contributed by atoms with Crippen molar-refractivity contribution in [1.82, 2.24) is 15.6 Å². The van der Waals surface area contributed by atoms with Crippen LogP contribution in [0, 0.1) is 13.8 Å². The summed E-state index contributed by atoms with van der Waals surface area (Å²) in [6, 6.07) is 20.1. The Hall–Kier alpha value is -3.51. The van der Waals surface area contributed by atoms with Crippen LogP contribution in [-0.2, 0) is 22.6 Å². The van der Waals surface area contributed by atoms with E-state index in [0.717, 1.165) is 22.4 Å². The number of carbonyl (C=O) groups excluding carboxylic acids is 2. The van der Waals surface area contributed by atoms with Crippen molar-refractivity contribution in [3.63, 3.8) is 0 Å². The Morgan fingerprint density at radius 3 is 2.42 bits per heavy atom. The maximum Gasteiger partial charge on any atom is 0.252 e. The lowest BCUT2D eigenvalue weighted by atomic mass is 10.0. The Labute approximate surface area is 195 Å². The fraction of sp³-hybridized carbons (Fsp3) is 0.296. The molecule has 6 heteroatoms. The first-order valence-corrected chi connectivity index (χ1v) is 11.2. The predicted octanol–water partition coefficient (Wildman–Crippen LogP) is 3.76. The van der Waals surface area contributed by atoms with Crippen molar-refractivity contribution >= 4 is 11.8 Å². The number of aromatic nitrogens is 1. The van der Waals surface area contributed by atoms with Crippen molar-refractivity contribution in [1.29, 1.82) is 0 Å². The fourth-order valence-electron chi connectivity index (χ4n) is 3.37. The molecule has 3 rings (SSSR count). The number of rotatable bonds is 10. The molecule has 0 fully saturated rings. The zero-order valence-electron chi connectivity index (χ0n) is 19.4. The second-order valence-corrected chi connectivity index (χ2v) is 8.11. The lowest BCUT2D eigenvalue weighted by Gasteiger charge is -2.25. The molecule has 0 saturated heterocycles. The second kappa shape index (κ2) is 11.9. The van der Waals surface area contributed by atoms with E-state index in [2.05, 4.69) is 15.6 Å². The molecule has 2 N–H and O–H groups in total. The molecule has 6 nitrogen and oxygen atoms in total. The molecule has 1 aromatic heterocycles. The summed E-state index contributed by atoms with van der Waals surface area (Å²) in [5, 5.41) is 5.79. The summed E-state index contributed by atoms with van der Waals surface area (Å²) < 4.78 is 5.97. The number of benzene rings is 2. The van der Waals surface area contributed by atoms with Gasteiger partial charge in [-0.05, 0) is 61.7 Å². The number of nitrogens with zero attached hydrogens (tertiary/aromatic N) is 1. The van der Waals surface area contributed by atoms with Crippen molar-refractivity contribution in [2.24, 2.45) is 0 Å². The van der Waals surface area contributed by atoms with E-state index in [4.69, 9.17) is 4.74 Å². The van der Waals surface area contributed by atoms with Crippen LogP contribution in [0.2, 0.25) is 0 Å². The van der Waals surface area contributed by atoms with E-state index < -0.39 is 12.1 Å². The highest BCUT2D eigenvalue weighted by Gasteiger charge is 2.28. The van der Waals surface area contributed by atoms with Crippen LogP contribution >= 0.6 is 0 Å².